The zero-order chi connectivity index (χ0) is 12.8. The average molecular weight is 242 g/mol. The number of anilines is 1. The summed E-state index contributed by atoms with van der Waals surface area (Å²) in [5.41, 5.74) is 2.29. The Balaban J connectivity index is 1.93. The highest BCUT2D eigenvalue weighted by atomic mass is 16.5. The number of methoxy groups -OCH3 is 1. The lowest BCUT2D eigenvalue weighted by atomic mass is 10.1. The first-order valence-electron chi connectivity index (χ1n) is 6.00. The molecule has 2 N–H and O–H groups in total. The summed E-state index contributed by atoms with van der Waals surface area (Å²) in [5.74, 6) is 6.87. The van der Waals surface area contributed by atoms with E-state index in [4.69, 9.17) is 10.6 Å². The topological polar surface area (TPSA) is 38.5 Å². The first-order chi connectivity index (χ1) is 8.79. The second-order valence-electron chi connectivity index (χ2n) is 4.13. The molecule has 0 saturated heterocycles. The third-order valence-electron chi connectivity index (χ3n) is 2.89. The van der Waals surface area contributed by atoms with Crippen LogP contribution in [0.15, 0.2) is 54.6 Å². The Hall–Kier alpha value is -2.00. The van der Waals surface area contributed by atoms with Gasteiger partial charge in [-0.2, -0.15) is 0 Å². The molecular weight excluding hydrogens is 224 g/mol. The quantitative estimate of drug-likeness (QED) is 0.647. The molecule has 3 nitrogen and oxygen atoms in total. The predicted molar refractivity (Wildman–Crippen MR) is 74.7 cm³/mol. The fraction of sp³-hybridized carbons (Fsp3) is 0.200. The molecule has 0 aromatic heterocycles. The lowest BCUT2D eigenvalue weighted by molar-refractivity contribution is 0.415. The SMILES string of the molecule is COc1ccc(N(N)CCc2ccccc2)cc1. The molecule has 0 spiro atoms. The van der Waals surface area contributed by atoms with E-state index in [0.29, 0.717) is 0 Å². The number of nitrogens with zero attached hydrogens (tertiary/aromatic N) is 1. The van der Waals surface area contributed by atoms with Gasteiger partial charge in [0.1, 0.15) is 5.75 Å². The van der Waals surface area contributed by atoms with Crippen molar-refractivity contribution in [2.24, 2.45) is 5.84 Å². The minimum absolute atomic E-state index is 0.788. The molecule has 2 aromatic carbocycles. The van der Waals surface area contributed by atoms with Crippen LogP contribution in [0.4, 0.5) is 5.69 Å². The van der Waals surface area contributed by atoms with Gasteiger partial charge in [-0.25, -0.2) is 5.84 Å². The second-order valence-corrected chi connectivity index (χ2v) is 4.13. The number of rotatable bonds is 5. The summed E-state index contributed by atoms with van der Waals surface area (Å²) in [7, 11) is 1.66. The van der Waals surface area contributed by atoms with Crippen molar-refractivity contribution in [3.05, 3.63) is 60.2 Å². The monoisotopic (exact) mass is 242 g/mol. The summed E-state index contributed by atoms with van der Waals surface area (Å²) >= 11 is 0. The van der Waals surface area contributed by atoms with Crippen molar-refractivity contribution in [1.82, 2.24) is 0 Å². The van der Waals surface area contributed by atoms with Crippen molar-refractivity contribution in [1.29, 1.82) is 0 Å². The van der Waals surface area contributed by atoms with Crippen LogP contribution in [-0.4, -0.2) is 13.7 Å². The van der Waals surface area contributed by atoms with E-state index in [1.807, 2.05) is 42.5 Å². The van der Waals surface area contributed by atoms with E-state index in [1.165, 1.54) is 5.56 Å². The largest absolute Gasteiger partial charge is 0.497 e. The molecule has 18 heavy (non-hydrogen) atoms. The highest BCUT2D eigenvalue weighted by Crippen LogP contribution is 2.17. The van der Waals surface area contributed by atoms with Crippen molar-refractivity contribution in [3.8, 4) is 5.75 Å². The fourth-order valence-corrected chi connectivity index (χ4v) is 1.80. The van der Waals surface area contributed by atoms with Crippen LogP contribution >= 0.6 is 0 Å². The van der Waals surface area contributed by atoms with E-state index in [9.17, 15) is 0 Å². The van der Waals surface area contributed by atoms with Crippen molar-refractivity contribution in [2.75, 3.05) is 18.7 Å². The van der Waals surface area contributed by atoms with Crippen molar-refractivity contribution in [2.45, 2.75) is 6.42 Å². The van der Waals surface area contributed by atoms with Crippen LogP contribution in [0.5, 0.6) is 5.75 Å². The third kappa shape index (κ3) is 3.25. The van der Waals surface area contributed by atoms with Gasteiger partial charge in [-0.1, -0.05) is 30.3 Å². The van der Waals surface area contributed by atoms with Crippen LogP contribution in [0.25, 0.3) is 0 Å². The zero-order valence-corrected chi connectivity index (χ0v) is 10.5. The maximum atomic E-state index is 6.03. The van der Waals surface area contributed by atoms with Crippen LogP contribution in [-0.2, 0) is 6.42 Å². The van der Waals surface area contributed by atoms with Crippen LogP contribution in [0.2, 0.25) is 0 Å². The van der Waals surface area contributed by atoms with Crippen LogP contribution in [0, 0.1) is 0 Å². The second kappa shape index (κ2) is 6.07. The van der Waals surface area contributed by atoms with Gasteiger partial charge in [0, 0.05) is 6.54 Å². The fourth-order valence-electron chi connectivity index (χ4n) is 1.80. The molecule has 0 atom stereocenters. The van der Waals surface area contributed by atoms with Crippen LogP contribution in [0.3, 0.4) is 0 Å². The van der Waals surface area contributed by atoms with Gasteiger partial charge in [-0.15, -0.1) is 0 Å². The molecule has 94 valence electrons. The average Bonchev–Trinajstić information content (AvgIpc) is 2.46. The van der Waals surface area contributed by atoms with E-state index in [2.05, 4.69) is 12.1 Å². The molecular formula is C15H18N2O. The summed E-state index contributed by atoms with van der Waals surface area (Å²) in [6.07, 6.45) is 0.934. The number of nitrogens with two attached hydrogens (primary N) is 1. The smallest absolute Gasteiger partial charge is 0.119 e. The van der Waals surface area contributed by atoms with Gasteiger partial charge >= 0.3 is 0 Å². The molecule has 0 heterocycles. The first-order valence-corrected chi connectivity index (χ1v) is 6.00. The Morgan fingerprint density at radius 2 is 1.67 bits per heavy atom. The summed E-state index contributed by atoms with van der Waals surface area (Å²) in [6.45, 7) is 0.788. The normalized spacial score (nSPS) is 10.1. The van der Waals surface area contributed by atoms with E-state index in [1.54, 1.807) is 12.1 Å². The van der Waals surface area contributed by atoms with Crippen molar-refractivity contribution >= 4 is 5.69 Å². The van der Waals surface area contributed by atoms with Gasteiger partial charge in [-0.3, -0.25) is 0 Å². The van der Waals surface area contributed by atoms with Gasteiger partial charge in [0.2, 0.25) is 0 Å². The zero-order valence-electron chi connectivity index (χ0n) is 10.5. The Labute approximate surface area is 108 Å². The Morgan fingerprint density at radius 3 is 2.28 bits per heavy atom. The van der Waals surface area contributed by atoms with Gasteiger partial charge in [0.05, 0.1) is 12.8 Å². The number of benzene rings is 2. The van der Waals surface area contributed by atoms with Crippen molar-refractivity contribution in [3.63, 3.8) is 0 Å². The van der Waals surface area contributed by atoms with E-state index < -0.39 is 0 Å². The molecule has 0 saturated carbocycles. The molecule has 3 heteroatoms. The Morgan fingerprint density at radius 1 is 1.00 bits per heavy atom. The molecule has 0 bridgehead atoms. The van der Waals surface area contributed by atoms with Gasteiger partial charge < -0.3 is 9.75 Å². The molecule has 0 radical (unpaired) electrons. The number of hydrogen-bond acceptors (Lipinski definition) is 3. The highest BCUT2D eigenvalue weighted by Gasteiger charge is 2.02. The standard InChI is InChI=1S/C15H18N2O/c1-18-15-9-7-14(8-10-15)17(16)12-11-13-5-3-2-4-6-13/h2-10H,11-12,16H2,1H3. The van der Waals surface area contributed by atoms with E-state index in [-0.39, 0.29) is 0 Å². The Kier molecular flexibility index (Phi) is 4.20. The van der Waals surface area contributed by atoms with Crippen LogP contribution < -0.4 is 15.6 Å². The number of ether oxygens (including phenoxy) is 1. The van der Waals surface area contributed by atoms with E-state index >= 15 is 0 Å². The van der Waals surface area contributed by atoms with E-state index in [0.717, 1.165) is 24.4 Å². The minimum Gasteiger partial charge on any atom is -0.497 e. The molecule has 2 rings (SSSR count). The molecule has 0 fully saturated rings. The summed E-state index contributed by atoms with van der Waals surface area (Å²) in [4.78, 5) is 0. The van der Waals surface area contributed by atoms with Crippen LogP contribution in [0.1, 0.15) is 5.56 Å². The molecule has 0 aliphatic carbocycles. The number of hydrazine groups is 1. The summed E-state index contributed by atoms with van der Waals surface area (Å²) in [6, 6.07) is 18.1. The van der Waals surface area contributed by atoms with Gasteiger partial charge in [-0.05, 0) is 36.2 Å². The number of hydrogen-bond donors (Lipinski definition) is 1. The lowest BCUT2D eigenvalue weighted by Gasteiger charge is -2.18. The molecule has 0 unspecified atom stereocenters. The molecule has 0 aliphatic heterocycles. The van der Waals surface area contributed by atoms with Gasteiger partial charge in [0.25, 0.3) is 0 Å². The van der Waals surface area contributed by atoms with Crippen molar-refractivity contribution < 1.29 is 4.74 Å². The molecule has 2 aromatic rings. The lowest BCUT2D eigenvalue weighted by Crippen LogP contribution is -2.32. The summed E-state index contributed by atoms with van der Waals surface area (Å²) in [5, 5.41) is 1.76. The minimum atomic E-state index is 0.788. The molecule has 0 amide bonds. The highest BCUT2D eigenvalue weighted by molar-refractivity contribution is 5.47. The third-order valence-corrected chi connectivity index (χ3v) is 2.89. The van der Waals surface area contributed by atoms with Gasteiger partial charge in [0.15, 0.2) is 0 Å². The Bertz CT molecular complexity index is 468. The predicted octanol–water partition coefficient (Wildman–Crippen LogP) is 2.62. The summed E-state index contributed by atoms with van der Waals surface area (Å²) < 4.78 is 5.12. The first kappa shape index (κ1) is 12.5. The maximum Gasteiger partial charge on any atom is 0.119 e. The molecule has 0 aliphatic rings. The maximum absolute atomic E-state index is 6.03.